The third-order valence-electron chi connectivity index (χ3n) is 25.2. The topological polar surface area (TPSA) is 227 Å². The Morgan fingerprint density at radius 2 is 0.769 bits per heavy atom. The van der Waals surface area contributed by atoms with Gasteiger partial charge in [-0.15, -0.1) is 0 Å². The number of aromatic nitrogens is 12. The van der Waals surface area contributed by atoms with Crippen LogP contribution in [0.1, 0.15) is 140 Å². The van der Waals surface area contributed by atoms with Crippen LogP contribution in [0.5, 0.6) is 0 Å². The number of fused-ring (bicyclic) bond motifs is 6. The minimum absolute atomic E-state index is 0.0315. The average Bonchev–Trinajstić information content (AvgIpc) is 1.72. The molecule has 21 nitrogen and oxygen atoms in total. The molecule has 8 heterocycles. The second kappa shape index (κ2) is 32.6. The molecule has 0 bridgehead atoms. The largest absolute Gasteiger partial charge is 0.356 e. The van der Waals surface area contributed by atoms with Crippen LogP contribution >= 0.6 is 11.6 Å². The number of hydrogen-bond acceptors (Lipinski definition) is 13. The van der Waals surface area contributed by atoms with Crippen molar-refractivity contribution in [1.29, 1.82) is 0 Å². The van der Waals surface area contributed by atoms with Crippen LogP contribution < -0.4 is 0 Å². The van der Waals surface area contributed by atoms with E-state index in [2.05, 4.69) is 71.2 Å². The van der Waals surface area contributed by atoms with Gasteiger partial charge in [0.1, 0.15) is 34.5 Å². The van der Waals surface area contributed by atoms with Crippen molar-refractivity contribution >= 4 is 93.9 Å². The Bertz CT molecular complexity index is 6270. The Labute approximate surface area is 708 Å². The van der Waals surface area contributed by atoms with E-state index in [1.165, 1.54) is 36.4 Å². The summed E-state index contributed by atoms with van der Waals surface area (Å²) >= 11 is 6.08. The van der Waals surface area contributed by atoms with Crippen molar-refractivity contribution in [2.45, 2.75) is 131 Å². The van der Waals surface area contributed by atoms with Gasteiger partial charge in [-0.25, -0.2) is 52.8 Å². The molecule has 0 amide bonds. The molecule has 3 saturated carbocycles. The van der Waals surface area contributed by atoms with Crippen LogP contribution in [-0.4, -0.2) is 158 Å². The first kappa shape index (κ1) is 83.4. The minimum atomic E-state index is -2.83. The van der Waals surface area contributed by atoms with Crippen LogP contribution in [0.4, 0.5) is 13.2 Å². The number of nitrogens with zero attached hydrogens (tertiary/aromatic N) is 15. The lowest BCUT2D eigenvalue weighted by Gasteiger charge is -2.46. The van der Waals surface area contributed by atoms with Crippen LogP contribution in [-0.2, 0) is 62.5 Å². The van der Waals surface area contributed by atoms with Gasteiger partial charge in [-0.3, -0.25) is 34.0 Å². The molecule has 0 radical (unpaired) electrons. The number of carbonyl (C=O) groups excluding carboxylic acids is 3. The lowest BCUT2D eigenvalue weighted by molar-refractivity contribution is 0.0744. The molecule has 121 heavy (non-hydrogen) atoms. The van der Waals surface area contributed by atoms with Crippen molar-refractivity contribution in [2.75, 3.05) is 21.1 Å². The van der Waals surface area contributed by atoms with Crippen LogP contribution in [0.3, 0.4) is 0 Å². The van der Waals surface area contributed by atoms with E-state index in [9.17, 15) is 40.2 Å². The van der Waals surface area contributed by atoms with E-state index >= 15 is 0 Å². The zero-order valence-corrected chi connectivity index (χ0v) is 71.7. The molecule has 6 aliphatic rings. The molecule has 0 N–H and O–H groups in total. The van der Waals surface area contributed by atoms with E-state index in [-0.39, 0.29) is 52.9 Å². The van der Waals surface area contributed by atoms with Crippen molar-refractivity contribution in [3.05, 3.63) is 308 Å². The summed E-state index contributed by atoms with van der Waals surface area (Å²) in [6, 6.07) is 38.1. The van der Waals surface area contributed by atoms with Crippen LogP contribution in [0.25, 0.3) is 35.3 Å². The molecule has 8 aromatic heterocycles. The third kappa shape index (κ3) is 15.7. The van der Waals surface area contributed by atoms with Gasteiger partial charge in [-0.2, -0.15) is 20.4 Å². The Morgan fingerprint density at radius 3 is 1.07 bits per heavy atom. The molecule has 0 spiro atoms. The number of allylic oxidation sites excluding steroid dienone is 3. The van der Waals surface area contributed by atoms with Crippen molar-refractivity contribution in [3.8, 4) is 17.1 Å². The molecule has 0 saturated heterocycles. The predicted octanol–water partition coefficient (Wildman–Crippen LogP) is 15.8. The smallest absolute Gasteiger partial charge is 0.191 e. The summed E-state index contributed by atoms with van der Waals surface area (Å²) < 4.78 is 97.2. The molecule has 6 aliphatic carbocycles. The van der Waals surface area contributed by atoms with Gasteiger partial charge in [0.2, 0.25) is 0 Å². The van der Waals surface area contributed by atoms with Gasteiger partial charge in [0.15, 0.2) is 17.3 Å². The van der Waals surface area contributed by atoms with Crippen LogP contribution in [0.2, 0.25) is 5.02 Å². The SMILES string of the molecule is C=S(=O)(c1ccc(Cl)cc1)N(C)[C@H]1CCC2=Cc3c(cnn3-c3ccc(F)cc3)C[C@]2(C(=O)c2cc(C)ccn2)C1.C=S(=O)(c1ccn(C)c1)N(C)[C@H]1CCC2=Cc3c(cnn3-c3ccc(F)cc3)C[C@]2(C(=O)c2cc(C)ccn2)C1.C=S(=O)(c1cnn(C)c1)N(C)[C@H]1CCC2=Cc3c(cnn3-c3ccc(F)cc3)C[C@]2(C(=O)c2cc(C)ccn2)C1. The maximum absolute atomic E-state index is 14.5. The van der Waals surface area contributed by atoms with E-state index in [0.29, 0.717) is 107 Å². The van der Waals surface area contributed by atoms with Crippen LogP contribution in [0.15, 0.2) is 233 Å². The molecule has 4 aromatic carbocycles. The summed E-state index contributed by atoms with van der Waals surface area (Å²) in [4.78, 5) is 58.6. The number of aryl methyl sites for hydroxylation is 5. The van der Waals surface area contributed by atoms with Gasteiger partial charge in [-0.1, -0.05) is 28.3 Å². The fourth-order valence-corrected chi connectivity index (χ4v) is 23.2. The summed E-state index contributed by atoms with van der Waals surface area (Å²) in [5.41, 5.74) is 12.3. The molecule has 3 fully saturated rings. The van der Waals surface area contributed by atoms with Crippen LogP contribution in [0, 0.1) is 54.5 Å². The number of Topliss-reactive ketones (excluding diaryl/α,β-unsaturated/α-hetero) is 3. The van der Waals surface area contributed by atoms with Gasteiger partial charge in [0.25, 0.3) is 0 Å². The highest BCUT2D eigenvalue weighted by atomic mass is 35.5. The lowest BCUT2D eigenvalue weighted by Crippen LogP contribution is -2.49. The zero-order chi connectivity index (χ0) is 85.4. The lowest BCUT2D eigenvalue weighted by atomic mass is 9.60. The fraction of sp³-hybridized carbons (Fsp3) is 0.280. The Hall–Kier alpha value is -11.3. The van der Waals surface area contributed by atoms with Crippen molar-refractivity contribution < 1.29 is 40.2 Å². The maximum atomic E-state index is 14.5. The first-order valence-electron chi connectivity index (χ1n) is 40.0. The highest BCUT2D eigenvalue weighted by Gasteiger charge is 2.54. The molecule has 18 rings (SSSR count). The number of pyridine rings is 3. The van der Waals surface area contributed by atoms with Crippen molar-refractivity contribution in [1.82, 2.24) is 71.6 Å². The molecular weight excluding hydrogens is 1610 g/mol. The van der Waals surface area contributed by atoms with Gasteiger partial charge >= 0.3 is 0 Å². The molecule has 3 unspecified atom stereocenters. The van der Waals surface area contributed by atoms with E-state index < -0.39 is 45.4 Å². The highest BCUT2D eigenvalue weighted by Crippen LogP contribution is 2.55. The Kier molecular flexibility index (Phi) is 22.4. The van der Waals surface area contributed by atoms with Crippen molar-refractivity contribution in [2.24, 2.45) is 30.3 Å². The summed E-state index contributed by atoms with van der Waals surface area (Å²) in [7, 11) is 0.774. The highest BCUT2D eigenvalue weighted by molar-refractivity contribution is 7.98. The fourth-order valence-electron chi connectivity index (χ4n) is 18.4. The summed E-state index contributed by atoms with van der Waals surface area (Å²) in [6.45, 7) is 5.84. The predicted molar refractivity (Wildman–Crippen MR) is 470 cm³/mol. The molecule has 622 valence electrons. The van der Waals surface area contributed by atoms with Gasteiger partial charge < -0.3 is 4.57 Å². The standard InChI is InChI=1S/C32H30ClFN4O2S.C31H32FN5O2S.C30H31FN6O2S/c1-21-14-15-35-29(16-21)31(39)32-18-22-20-36-38(26-10-7-25(34)8-11-26)30(22)17-23(32)4-9-27(19-32)37(2)41(3,40)28-12-5-24(33)6-13-28;1-21-11-13-33-28(15-21)30(38)31-17-22-19-34-37(25-9-6-24(32)7-10-25)29(22)16-23(31)5-8-26(18-31)36(3)40(4,39)27-12-14-35(2)20-27;1-20-11-12-32-27(13-20)29(38)30-15-21-17-34-37(24-9-6-23(31)7-10-24)28(21)14-22(30)5-8-25(16-30)36(3)40(4,39)26-18-33-35(2)19-26/h5-8,10-17,20,27H,3-4,9,18-19H2,1-2H3;6-7,9-16,19-20,26H,4-5,8,17-18H2,1-3H3;6-7,9-14,17-19,25H,4-5,8,15-16H2,1-3H3/t27-,32-,41?;26-,31-,40?;25-,30-,40?/m000/s1. The van der Waals surface area contributed by atoms with E-state index in [1.54, 1.807) is 136 Å². The summed E-state index contributed by atoms with van der Waals surface area (Å²) in [6.07, 6.45) is 30.5. The Morgan fingerprint density at radius 1 is 0.438 bits per heavy atom. The average molecular weight is 1710 g/mol. The third-order valence-corrected chi connectivity index (χ3v) is 32.1. The normalized spacial score (nSPS) is 21.7. The first-order valence-corrected chi connectivity index (χ1v) is 45.4. The number of halogens is 4. The Balaban J connectivity index is 0.000000135. The number of carbonyl (C=O) groups is 3. The van der Waals surface area contributed by atoms with E-state index in [0.717, 1.165) is 90.7 Å². The maximum Gasteiger partial charge on any atom is 0.191 e. The van der Waals surface area contributed by atoms with Gasteiger partial charge in [0.05, 0.1) is 114 Å². The molecular formula is C93H93ClF3N15O6S3. The zero-order valence-electron chi connectivity index (χ0n) is 68.5. The second-order valence-corrected chi connectivity index (χ2v) is 40.2. The first-order chi connectivity index (χ1) is 57.7. The van der Waals surface area contributed by atoms with E-state index in [1.807, 2.05) is 121 Å². The monoisotopic (exact) mass is 1700 g/mol. The molecule has 0 aliphatic heterocycles. The quantitative estimate of drug-likeness (QED) is 0.0576. The van der Waals surface area contributed by atoms with Crippen molar-refractivity contribution in [3.63, 3.8) is 0 Å². The molecule has 9 atom stereocenters. The number of rotatable bonds is 18. The molecule has 12 aromatic rings. The summed E-state index contributed by atoms with van der Waals surface area (Å²) in [5, 5.41) is 18.6. The van der Waals surface area contributed by atoms with Gasteiger partial charge in [-0.05, 0) is 328 Å². The minimum Gasteiger partial charge on any atom is -0.356 e. The number of ketones is 3. The van der Waals surface area contributed by atoms with Gasteiger partial charge in [0, 0.05) is 79.3 Å². The number of benzene rings is 4. The second-order valence-electron chi connectivity index (χ2n) is 32.8. The summed E-state index contributed by atoms with van der Waals surface area (Å²) in [5.74, 6) is 11.3. The number of hydrogen-bond donors (Lipinski definition) is 0. The molecule has 28 heteroatoms. The van der Waals surface area contributed by atoms with E-state index in [4.69, 9.17) is 11.6 Å².